The Balaban J connectivity index is 2.22. The van der Waals surface area contributed by atoms with Crippen LogP contribution >= 0.6 is 27.3 Å². The Hall–Kier alpha value is -1.24. The molecule has 0 radical (unpaired) electrons. The monoisotopic (exact) mass is 308 g/mol. The number of hydrogen-bond donors (Lipinski definition) is 1. The van der Waals surface area contributed by atoms with Gasteiger partial charge in [0, 0.05) is 9.85 Å². The van der Waals surface area contributed by atoms with E-state index in [1.165, 1.54) is 0 Å². The molecular weight excluding hydrogens is 300 g/mol. The van der Waals surface area contributed by atoms with Gasteiger partial charge in [-0.25, -0.2) is 0 Å². The Morgan fingerprint density at radius 3 is 2.71 bits per heavy atom. The standard InChI is InChI=1S/C11H9BrN4S/c12-8-3-1-7(2-4-8)9-6-17-11-15-14-10(5-13)16(9)11/h1-4,6H,5,13H2. The molecule has 0 atom stereocenters. The highest BCUT2D eigenvalue weighted by Gasteiger charge is 2.11. The molecule has 4 nitrogen and oxygen atoms in total. The number of rotatable bonds is 2. The molecule has 2 N–H and O–H groups in total. The van der Waals surface area contributed by atoms with Gasteiger partial charge in [0.25, 0.3) is 0 Å². The first kappa shape index (κ1) is 10.9. The number of fused-ring (bicyclic) bond motifs is 1. The summed E-state index contributed by atoms with van der Waals surface area (Å²) >= 11 is 5.00. The summed E-state index contributed by atoms with van der Waals surface area (Å²) in [5.41, 5.74) is 7.88. The van der Waals surface area contributed by atoms with Crippen molar-refractivity contribution in [3.8, 4) is 11.3 Å². The third kappa shape index (κ3) is 1.78. The van der Waals surface area contributed by atoms with Crippen molar-refractivity contribution in [3.63, 3.8) is 0 Å². The molecule has 0 bridgehead atoms. The van der Waals surface area contributed by atoms with Gasteiger partial charge in [0.15, 0.2) is 5.82 Å². The summed E-state index contributed by atoms with van der Waals surface area (Å²) in [5.74, 6) is 0.791. The molecule has 6 heteroatoms. The molecule has 0 saturated heterocycles. The zero-order chi connectivity index (χ0) is 11.8. The summed E-state index contributed by atoms with van der Waals surface area (Å²) in [7, 11) is 0. The van der Waals surface area contributed by atoms with Gasteiger partial charge in [-0.1, -0.05) is 28.1 Å². The smallest absolute Gasteiger partial charge is 0.216 e. The minimum absolute atomic E-state index is 0.390. The van der Waals surface area contributed by atoms with Crippen LogP contribution in [0.2, 0.25) is 0 Å². The molecule has 0 fully saturated rings. The zero-order valence-electron chi connectivity index (χ0n) is 8.80. The highest BCUT2D eigenvalue weighted by atomic mass is 79.9. The molecule has 3 rings (SSSR count). The first-order chi connectivity index (χ1) is 8.29. The summed E-state index contributed by atoms with van der Waals surface area (Å²) < 4.78 is 3.07. The average molecular weight is 309 g/mol. The number of hydrogen-bond acceptors (Lipinski definition) is 4. The number of aromatic nitrogens is 3. The van der Waals surface area contributed by atoms with Crippen LogP contribution in [0.15, 0.2) is 34.1 Å². The van der Waals surface area contributed by atoms with Crippen molar-refractivity contribution in [1.82, 2.24) is 14.6 Å². The lowest BCUT2D eigenvalue weighted by Gasteiger charge is -2.01. The fourth-order valence-electron chi connectivity index (χ4n) is 1.73. The van der Waals surface area contributed by atoms with Crippen LogP contribution < -0.4 is 5.73 Å². The maximum absolute atomic E-state index is 5.66. The Kier molecular flexibility index (Phi) is 2.70. The lowest BCUT2D eigenvalue weighted by molar-refractivity contribution is 0.887. The fraction of sp³-hybridized carbons (Fsp3) is 0.0909. The lowest BCUT2D eigenvalue weighted by Crippen LogP contribution is -2.02. The second-order valence-electron chi connectivity index (χ2n) is 3.57. The van der Waals surface area contributed by atoms with Crippen LogP contribution in [-0.2, 0) is 6.54 Å². The van der Waals surface area contributed by atoms with Crippen molar-refractivity contribution in [3.05, 3.63) is 39.9 Å². The van der Waals surface area contributed by atoms with Crippen LogP contribution in [0.5, 0.6) is 0 Å². The van der Waals surface area contributed by atoms with Crippen molar-refractivity contribution in [2.75, 3.05) is 0 Å². The minimum Gasteiger partial charge on any atom is -0.324 e. The summed E-state index contributed by atoms with van der Waals surface area (Å²) in [6.45, 7) is 0.390. The fourth-order valence-corrected chi connectivity index (χ4v) is 2.85. The van der Waals surface area contributed by atoms with Crippen molar-refractivity contribution in [2.45, 2.75) is 6.54 Å². The Bertz CT molecular complexity index is 656. The normalized spacial score (nSPS) is 11.2. The maximum Gasteiger partial charge on any atom is 0.216 e. The molecule has 0 aliphatic heterocycles. The number of benzene rings is 1. The van der Waals surface area contributed by atoms with Crippen LogP contribution in [0.1, 0.15) is 5.82 Å². The van der Waals surface area contributed by atoms with E-state index in [1.54, 1.807) is 11.3 Å². The zero-order valence-corrected chi connectivity index (χ0v) is 11.2. The maximum atomic E-state index is 5.66. The number of halogens is 1. The van der Waals surface area contributed by atoms with Crippen LogP contribution in [-0.4, -0.2) is 14.6 Å². The minimum atomic E-state index is 0.390. The van der Waals surface area contributed by atoms with Crippen LogP contribution in [0.3, 0.4) is 0 Å². The van der Waals surface area contributed by atoms with Crippen molar-refractivity contribution >= 4 is 32.2 Å². The summed E-state index contributed by atoms with van der Waals surface area (Å²) in [6, 6.07) is 8.16. The molecule has 86 valence electrons. The number of thiazole rings is 1. The Labute approximate surface area is 110 Å². The molecule has 0 unspecified atom stereocenters. The van der Waals surface area contributed by atoms with E-state index in [1.807, 2.05) is 16.5 Å². The second kappa shape index (κ2) is 4.21. The van der Waals surface area contributed by atoms with Crippen LogP contribution in [0.25, 0.3) is 16.2 Å². The van der Waals surface area contributed by atoms with E-state index in [4.69, 9.17) is 5.73 Å². The molecule has 3 aromatic rings. The molecule has 2 aromatic heterocycles. The van der Waals surface area contributed by atoms with E-state index in [0.29, 0.717) is 6.54 Å². The van der Waals surface area contributed by atoms with Gasteiger partial charge in [-0.15, -0.1) is 21.5 Å². The highest BCUT2D eigenvalue weighted by Crippen LogP contribution is 2.27. The van der Waals surface area contributed by atoms with Crippen molar-refractivity contribution in [2.24, 2.45) is 5.73 Å². The van der Waals surface area contributed by atoms with E-state index in [2.05, 4.69) is 43.6 Å². The van der Waals surface area contributed by atoms with Gasteiger partial charge in [-0.3, -0.25) is 4.40 Å². The highest BCUT2D eigenvalue weighted by molar-refractivity contribution is 9.10. The molecule has 2 heterocycles. The summed E-state index contributed by atoms with van der Waals surface area (Å²) in [5, 5.41) is 10.2. The first-order valence-corrected chi connectivity index (χ1v) is 6.74. The molecule has 0 amide bonds. The average Bonchev–Trinajstić information content (AvgIpc) is 2.91. The quantitative estimate of drug-likeness (QED) is 0.792. The van der Waals surface area contributed by atoms with Gasteiger partial charge >= 0.3 is 0 Å². The van der Waals surface area contributed by atoms with E-state index in [9.17, 15) is 0 Å². The van der Waals surface area contributed by atoms with E-state index < -0.39 is 0 Å². The van der Waals surface area contributed by atoms with E-state index in [-0.39, 0.29) is 0 Å². The van der Waals surface area contributed by atoms with Gasteiger partial charge in [0.2, 0.25) is 4.96 Å². The Morgan fingerprint density at radius 2 is 2.00 bits per heavy atom. The first-order valence-electron chi connectivity index (χ1n) is 5.07. The molecule has 0 aliphatic rings. The third-order valence-corrected chi connectivity index (χ3v) is 3.88. The number of nitrogens with zero attached hydrogens (tertiary/aromatic N) is 3. The van der Waals surface area contributed by atoms with Gasteiger partial charge < -0.3 is 5.73 Å². The van der Waals surface area contributed by atoms with Gasteiger partial charge in [0.1, 0.15) is 0 Å². The molecule has 0 spiro atoms. The third-order valence-electron chi connectivity index (χ3n) is 2.54. The lowest BCUT2D eigenvalue weighted by atomic mass is 10.2. The predicted molar refractivity (Wildman–Crippen MR) is 71.9 cm³/mol. The molecule has 0 aliphatic carbocycles. The number of nitrogens with two attached hydrogens (primary N) is 1. The van der Waals surface area contributed by atoms with E-state index >= 15 is 0 Å². The SMILES string of the molecule is NCc1nnc2scc(-c3ccc(Br)cc3)n12. The van der Waals surface area contributed by atoms with Crippen LogP contribution in [0.4, 0.5) is 0 Å². The summed E-state index contributed by atoms with van der Waals surface area (Å²) in [6.07, 6.45) is 0. The largest absolute Gasteiger partial charge is 0.324 e. The summed E-state index contributed by atoms with van der Waals surface area (Å²) in [4.78, 5) is 0.878. The topological polar surface area (TPSA) is 56.2 Å². The molecule has 1 aromatic carbocycles. The Morgan fingerprint density at radius 1 is 1.24 bits per heavy atom. The van der Waals surface area contributed by atoms with Crippen LogP contribution in [0, 0.1) is 0 Å². The second-order valence-corrected chi connectivity index (χ2v) is 5.32. The van der Waals surface area contributed by atoms with Gasteiger partial charge in [-0.05, 0) is 17.7 Å². The van der Waals surface area contributed by atoms with Gasteiger partial charge in [0.05, 0.1) is 12.2 Å². The van der Waals surface area contributed by atoms with Crippen molar-refractivity contribution < 1.29 is 0 Å². The van der Waals surface area contributed by atoms with Crippen molar-refractivity contribution in [1.29, 1.82) is 0 Å². The van der Waals surface area contributed by atoms with Gasteiger partial charge in [-0.2, -0.15) is 0 Å². The van der Waals surface area contributed by atoms with E-state index in [0.717, 1.165) is 26.5 Å². The molecule has 17 heavy (non-hydrogen) atoms. The molecule has 0 saturated carbocycles. The molecular formula is C11H9BrN4S. The predicted octanol–water partition coefficient (Wildman–Crippen LogP) is 2.68.